The quantitative estimate of drug-likeness (QED) is 0.147. The van der Waals surface area contributed by atoms with Gasteiger partial charge >= 0.3 is 41.0 Å². The first-order chi connectivity index (χ1) is 12.8. The average molecular weight is 447 g/mol. The van der Waals surface area contributed by atoms with E-state index < -0.39 is 59.0 Å². The van der Waals surface area contributed by atoms with Gasteiger partial charge in [-0.05, 0) is 20.3 Å². The molecule has 0 aromatic carbocycles. The average Bonchev–Trinajstić information content (AvgIpc) is 2.59. The van der Waals surface area contributed by atoms with Gasteiger partial charge in [-0.25, -0.2) is 9.59 Å². The minimum Gasteiger partial charge on any atom is -1.00 e. The van der Waals surface area contributed by atoms with Gasteiger partial charge in [-0.3, -0.25) is 9.35 Å². The number of unbranched alkanes of at least 4 members (excludes halogenated alkanes) is 1. The van der Waals surface area contributed by atoms with Crippen LogP contribution in [0.4, 0.5) is 0 Å². The first kappa shape index (κ1) is 29.8. The van der Waals surface area contributed by atoms with Crippen molar-refractivity contribution in [3.05, 3.63) is 24.3 Å². The van der Waals surface area contributed by atoms with E-state index in [9.17, 15) is 22.8 Å². The number of carbonyl (C=O) groups is 3. The second kappa shape index (κ2) is 13.7. The Labute approximate surface area is 190 Å². The van der Waals surface area contributed by atoms with E-state index in [4.69, 9.17) is 18.8 Å². The van der Waals surface area contributed by atoms with E-state index in [0.29, 0.717) is 12.8 Å². The molecule has 11 heteroatoms. The summed E-state index contributed by atoms with van der Waals surface area (Å²) in [6.45, 7) is 10.1. The third kappa shape index (κ3) is 12.0. The summed E-state index contributed by atoms with van der Waals surface area (Å²) in [7, 11) is -4.33. The van der Waals surface area contributed by atoms with Crippen LogP contribution in [0.3, 0.4) is 0 Å². The second-order valence-corrected chi connectivity index (χ2v) is 8.09. The first-order valence-electron chi connectivity index (χ1n) is 8.62. The van der Waals surface area contributed by atoms with Gasteiger partial charge in [0.05, 0.1) is 0 Å². The van der Waals surface area contributed by atoms with Crippen LogP contribution < -0.4 is 0 Å². The van der Waals surface area contributed by atoms with Gasteiger partial charge in [0.2, 0.25) is 0 Å². The third-order valence-electron chi connectivity index (χ3n) is 3.67. The molecule has 9 nitrogen and oxygen atoms in total. The van der Waals surface area contributed by atoms with E-state index in [0.717, 1.165) is 0 Å². The summed E-state index contributed by atoms with van der Waals surface area (Å²) in [6.07, 6.45) is 1.35. The Kier molecular flexibility index (Phi) is 14.1. The molecule has 0 fully saturated rings. The fraction of sp³-hybridized carbons (Fsp3) is 0.611. The molecule has 0 radical (unpaired) electrons. The fourth-order valence-electron chi connectivity index (χ4n) is 1.97. The van der Waals surface area contributed by atoms with Gasteiger partial charge in [0.1, 0.15) is 31.0 Å². The predicted molar refractivity (Wildman–Crippen MR) is 109 cm³/mol. The Bertz CT molecular complexity index is 694. The molecule has 0 spiro atoms. The maximum absolute atomic E-state index is 12.7. The van der Waals surface area contributed by atoms with Crippen LogP contribution in [0.15, 0.2) is 24.3 Å². The number of hydrogen-bond donors (Lipinski definition) is 1. The Morgan fingerprint density at radius 2 is 1.45 bits per heavy atom. The van der Waals surface area contributed by atoms with Crippen molar-refractivity contribution in [3.8, 4) is 0 Å². The summed E-state index contributed by atoms with van der Waals surface area (Å²) in [5.74, 6) is -3.18. The van der Waals surface area contributed by atoms with Crippen molar-refractivity contribution >= 4 is 51.1 Å². The smallest absolute Gasteiger partial charge is 1.00 e. The molecule has 0 bridgehead atoms. The monoisotopic (exact) mass is 446 g/mol. The molecule has 0 aliphatic carbocycles. The van der Waals surface area contributed by atoms with Crippen LogP contribution in [-0.2, 0) is 38.7 Å². The van der Waals surface area contributed by atoms with Gasteiger partial charge < -0.3 is 17.1 Å². The molecule has 0 heterocycles. The maximum Gasteiger partial charge on any atom is 2.00 e. The van der Waals surface area contributed by atoms with E-state index in [2.05, 4.69) is 13.2 Å². The fourth-order valence-corrected chi connectivity index (χ4v) is 2.26. The van der Waals surface area contributed by atoms with Crippen molar-refractivity contribution in [2.75, 3.05) is 25.6 Å². The van der Waals surface area contributed by atoms with Crippen LogP contribution in [0.25, 0.3) is 0 Å². The molecule has 0 aliphatic rings. The third-order valence-corrected chi connectivity index (χ3v) is 4.35. The molecule has 0 aromatic rings. The number of carbonyl (C=O) groups excluding carboxylic acids is 3. The van der Waals surface area contributed by atoms with Crippen LogP contribution >= 0.6 is 0 Å². The van der Waals surface area contributed by atoms with E-state index in [1.165, 1.54) is 13.8 Å². The summed E-state index contributed by atoms with van der Waals surface area (Å²) in [6, 6.07) is 0. The Balaban J connectivity index is -0.00000121. The van der Waals surface area contributed by atoms with E-state index in [-0.39, 0.29) is 43.5 Å². The van der Waals surface area contributed by atoms with Crippen LogP contribution in [0, 0.1) is 5.41 Å². The maximum atomic E-state index is 12.7. The molecule has 0 amide bonds. The molecular weight excluding hydrogens is 417 g/mol. The molecule has 0 saturated heterocycles. The predicted octanol–water partition coefficient (Wildman–Crippen LogP) is 1.68. The number of rotatable bonds is 13. The van der Waals surface area contributed by atoms with Gasteiger partial charge in [-0.1, -0.05) is 32.9 Å². The van der Waals surface area contributed by atoms with Crippen LogP contribution in [-0.4, -0.2) is 79.5 Å². The van der Waals surface area contributed by atoms with Crippen molar-refractivity contribution in [3.63, 3.8) is 0 Å². The van der Waals surface area contributed by atoms with Gasteiger partial charge in [0.25, 0.3) is 10.1 Å². The molecule has 0 unspecified atom stereocenters. The zero-order chi connectivity index (χ0) is 22.0. The topological polar surface area (TPSA) is 133 Å². The second-order valence-electron chi connectivity index (χ2n) is 6.52. The molecule has 0 atom stereocenters. The normalized spacial score (nSPS) is 11.0. The van der Waals surface area contributed by atoms with Crippen molar-refractivity contribution in [1.29, 1.82) is 0 Å². The van der Waals surface area contributed by atoms with Gasteiger partial charge in [0.15, 0.2) is 0 Å². The van der Waals surface area contributed by atoms with Crippen LogP contribution in [0.1, 0.15) is 42.9 Å². The summed E-state index contributed by atoms with van der Waals surface area (Å²) >= 11 is 0. The van der Waals surface area contributed by atoms with Gasteiger partial charge in [0, 0.05) is 11.1 Å². The number of esters is 3. The molecular formula is C18H30MgO9S. The zero-order valence-corrected chi connectivity index (χ0v) is 19.4. The van der Waals surface area contributed by atoms with E-state index >= 15 is 0 Å². The number of ether oxygens (including phenoxy) is 3. The Morgan fingerprint density at radius 1 is 1.00 bits per heavy atom. The van der Waals surface area contributed by atoms with Crippen molar-refractivity contribution in [2.45, 2.75) is 40.0 Å². The van der Waals surface area contributed by atoms with Gasteiger partial charge in [-0.2, -0.15) is 8.42 Å². The van der Waals surface area contributed by atoms with Crippen molar-refractivity contribution in [1.82, 2.24) is 0 Å². The van der Waals surface area contributed by atoms with Crippen molar-refractivity contribution < 1.29 is 44.4 Å². The zero-order valence-electron chi connectivity index (χ0n) is 19.2. The first-order valence-corrected chi connectivity index (χ1v) is 10.2. The summed E-state index contributed by atoms with van der Waals surface area (Å²) in [5, 5.41) is 0. The molecule has 1 N–H and O–H groups in total. The minimum absolute atomic E-state index is 0. The van der Waals surface area contributed by atoms with Crippen LogP contribution in [0.2, 0.25) is 0 Å². The standard InChI is InChI=1S/C18H28O9S.Mg.2H/c1-6-7-8-18(11-26-15(19)13(2)3,12-27-16(20)14(4)5)17(21)25-9-10-28(22,23)24;;;/h2,4,6-12H2,1,3,5H3,(H,22,23,24);;;/q;+2;2*-1. The molecule has 164 valence electrons. The molecule has 0 aliphatic heterocycles. The Morgan fingerprint density at radius 3 is 1.79 bits per heavy atom. The molecule has 0 saturated carbocycles. The SMILES string of the molecule is C=C(C)C(=O)OCC(CCCC)(COC(=O)C(=C)C)C(=O)OCCS(=O)(=O)O.[H-].[H-].[Mg+2]. The summed E-state index contributed by atoms with van der Waals surface area (Å²) < 4.78 is 45.6. The number of hydrogen-bond acceptors (Lipinski definition) is 8. The molecule has 29 heavy (non-hydrogen) atoms. The van der Waals surface area contributed by atoms with Crippen molar-refractivity contribution in [2.24, 2.45) is 5.41 Å². The summed E-state index contributed by atoms with van der Waals surface area (Å²) in [5.41, 5.74) is -1.31. The minimum atomic E-state index is -4.33. The van der Waals surface area contributed by atoms with E-state index in [1.807, 2.05) is 6.92 Å². The largest absolute Gasteiger partial charge is 2.00 e. The summed E-state index contributed by atoms with van der Waals surface area (Å²) in [4.78, 5) is 36.2. The van der Waals surface area contributed by atoms with Crippen LogP contribution in [0.5, 0.6) is 0 Å². The van der Waals surface area contributed by atoms with E-state index in [1.54, 1.807) is 0 Å². The Hall–Kier alpha value is -1.43. The van der Waals surface area contributed by atoms with Gasteiger partial charge in [-0.15, -0.1) is 0 Å². The molecule has 0 aromatic heterocycles. The molecule has 0 rings (SSSR count).